The second-order valence-corrected chi connectivity index (χ2v) is 7.15. The number of rotatable bonds is 4. The average molecular weight is 326 g/mol. The van der Waals surface area contributed by atoms with Crippen LogP contribution in [0.3, 0.4) is 0 Å². The van der Waals surface area contributed by atoms with Gasteiger partial charge >= 0.3 is 5.97 Å². The van der Waals surface area contributed by atoms with E-state index in [9.17, 15) is 13.2 Å². The number of carbonyl (C=O) groups is 1. The molecule has 1 aromatic heterocycles. The van der Waals surface area contributed by atoms with E-state index in [1.165, 1.54) is 25.3 Å². The van der Waals surface area contributed by atoms with Gasteiger partial charge in [0.1, 0.15) is 4.21 Å². The van der Waals surface area contributed by atoms with Crippen molar-refractivity contribution in [2.24, 2.45) is 0 Å². The van der Waals surface area contributed by atoms with E-state index in [0.29, 0.717) is 22.5 Å². The standard InChI is InChI=1S/C13H14N2O4S2/c1-8-5-9(13(16)19-2)3-4-11(8)15-21(17,18)12-6-10(14)7-20-12/h3-7,15H,14H2,1-2H3. The summed E-state index contributed by atoms with van der Waals surface area (Å²) in [7, 11) is -2.39. The topological polar surface area (TPSA) is 98.5 Å². The van der Waals surface area contributed by atoms with Gasteiger partial charge in [0, 0.05) is 11.1 Å². The van der Waals surface area contributed by atoms with Crippen LogP contribution >= 0.6 is 11.3 Å². The first-order chi connectivity index (χ1) is 9.83. The lowest BCUT2D eigenvalue weighted by Gasteiger charge is -2.10. The Labute approximate surface area is 126 Å². The third-order valence-electron chi connectivity index (χ3n) is 2.75. The van der Waals surface area contributed by atoms with Crippen molar-refractivity contribution in [3.05, 3.63) is 40.8 Å². The third kappa shape index (κ3) is 3.34. The number of carbonyl (C=O) groups excluding carboxylic acids is 1. The van der Waals surface area contributed by atoms with E-state index in [-0.39, 0.29) is 4.21 Å². The summed E-state index contributed by atoms with van der Waals surface area (Å²) in [5.41, 5.74) is 7.31. The summed E-state index contributed by atoms with van der Waals surface area (Å²) in [5.74, 6) is -0.474. The summed E-state index contributed by atoms with van der Waals surface area (Å²) in [6, 6.07) is 5.98. The third-order valence-corrected chi connectivity index (χ3v) is 5.58. The SMILES string of the molecule is COC(=O)c1ccc(NS(=O)(=O)c2cc(N)cs2)c(C)c1. The molecule has 3 N–H and O–H groups in total. The van der Waals surface area contributed by atoms with Gasteiger partial charge in [0.25, 0.3) is 10.0 Å². The lowest BCUT2D eigenvalue weighted by molar-refractivity contribution is 0.0600. The van der Waals surface area contributed by atoms with E-state index in [1.807, 2.05) is 0 Å². The lowest BCUT2D eigenvalue weighted by Crippen LogP contribution is -2.13. The first-order valence-corrected chi connectivity index (χ1v) is 8.25. The average Bonchev–Trinajstić information content (AvgIpc) is 2.87. The minimum absolute atomic E-state index is 0.136. The molecule has 6 nitrogen and oxygen atoms in total. The van der Waals surface area contributed by atoms with Crippen LogP contribution in [0.4, 0.5) is 11.4 Å². The highest BCUT2D eigenvalue weighted by atomic mass is 32.2. The van der Waals surface area contributed by atoms with E-state index < -0.39 is 16.0 Å². The summed E-state index contributed by atoms with van der Waals surface area (Å²) in [5, 5.41) is 1.56. The fraction of sp³-hybridized carbons (Fsp3) is 0.154. The number of hydrogen-bond acceptors (Lipinski definition) is 6. The fourth-order valence-electron chi connectivity index (χ4n) is 1.69. The maximum absolute atomic E-state index is 12.2. The molecule has 2 aromatic rings. The molecule has 0 saturated carbocycles. The van der Waals surface area contributed by atoms with Gasteiger partial charge in [0.05, 0.1) is 18.4 Å². The number of anilines is 2. The van der Waals surface area contributed by atoms with E-state index in [2.05, 4.69) is 9.46 Å². The predicted octanol–water partition coefficient (Wildman–Crippen LogP) is 2.23. The molecule has 0 radical (unpaired) electrons. The van der Waals surface area contributed by atoms with Crippen molar-refractivity contribution in [2.45, 2.75) is 11.1 Å². The zero-order chi connectivity index (χ0) is 15.6. The Kier molecular flexibility index (Phi) is 4.19. The van der Waals surface area contributed by atoms with E-state index >= 15 is 0 Å². The number of benzene rings is 1. The van der Waals surface area contributed by atoms with Crippen LogP contribution in [0.15, 0.2) is 33.9 Å². The second kappa shape index (κ2) is 5.74. The van der Waals surface area contributed by atoms with Crippen molar-refractivity contribution in [3.8, 4) is 0 Å². The number of sulfonamides is 1. The summed E-state index contributed by atoms with van der Waals surface area (Å²) in [6.07, 6.45) is 0. The predicted molar refractivity (Wildman–Crippen MR) is 82.1 cm³/mol. The maximum atomic E-state index is 12.2. The van der Waals surface area contributed by atoms with Crippen molar-refractivity contribution >= 4 is 38.7 Å². The normalized spacial score (nSPS) is 11.1. The quantitative estimate of drug-likeness (QED) is 0.840. The Bertz CT molecular complexity index is 781. The molecule has 0 saturated heterocycles. The minimum Gasteiger partial charge on any atom is -0.465 e. The number of aryl methyl sites for hydroxylation is 1. The first kappa shape index (κ1) is 15.3. The maximum Gasteiger partial charge on any atom is 0.337 e. The molecule has 0 unspecified atom stereocenters. The molecule has 112 valence electrons. The van der Waals surface area contributed by atoms with Crippen LogP contribution in [0.5, 0.6) is 0 Å². The molecule has 2 rings (SSSR count). The minimum atomic E-state index is -3.68. The van der Waals surface area contributed by atoms with Crippen molar-refractivity contribution in [1.29, 1.82) is 0 Å². The highest BCUT2D eigenvalue weighted by molar-refractivity contribution is 7.94. The zero-order valence-electron chi connectivity index (χ0n) is 11.4. The second-order valence-electron chi connectivity index (χ2n) is 4.33. The lowest BCUT2D eigenvalue weighted by atomic mass is 10.1. The summed E-state index contributed by atoms with van der Waals surface area (Å²) < 4.78 is 31.6. The monoisotopic (exact) mass is 326 g/mol. The smallest absolute Gasteiger partial charge is 0.337 e. The molecule has 0 aliphatic carbocycles. The summed E-state index contributed by atoms with van der Waals surface area (Å²) in [6.45, 7) is 1.70. The Morgan fingerprint density at radius 3 is 2.57 bits per heavy atom. The number of methoxy groups -OCH3 is 1. The Balaban J connectivity index is 2.30. The van der Waals surface area contributed by atoms with Gasteiger partial charge < -0.3 is 10.5 Å². The summed E-state index contributed by atoms with van der Waals surface area (Å²) in [4.78, 5) is 11.4. The van der Waals surface area contributed by atoms with Crippen LogP contribution in [0.2, 0.25) is 0 Å². The molecule has 1 heterocycles. The van der Waals surface area contributed by atoms with Crippen LogP contribution in [0.25, 0.3) is 0 Å². The van der Waals surface area contributed by atoms with E-state index in [4.69, 9.17) is 5.73 Å². The zero-order valence-corrected chi connectivity index (χ0v) is 13.0. The highest BCUT2D eigenvalue weighted by Gasteiger charge is 2.18. The van der Waals surface area contributed by atoms with Crippen LogP contribution in [0.1, 0.15) is 15.9 Å². The Hall–Kier alpha value is -2.06. The first-order valence-electron chi connectivity index (χ1n) is 5.89. The Morgan fingerprint density at radius 2 is 2.05 bits per heavy atom. The van der Waals surface area contributed by atoms with Crippen LogP contribution in [-0.4, -0.2) is 21.5 Å². The number of nitrogens with two attached hydrogens (primary N) is 1. The van der Waals surface area contributed by atoms with E-state index in [0.717, 1.165) is 11.3 Å². The molecular weight excluding hydrogens is 312 g/mol. The van der Waals surface area contributed by atoms with Gasteiger partial charge in [0.15, 0.2) is 0 Å². The van der Waals surface area contributed by atoms with Gasteiger partial charge in [-0.2, -0.15) is 0 Å². The van der Waals surface area contributed by atoms with Gasteiger partial charge in [0.2, 0.25) is 0 Å². The number of nitrogen functional groups attached to an aromatic ring is 1. The Morgan fingerprint density at radius 1 is 1.33 bits per heavy atom. The molecular formula is C13H14N2O4S2. The van der Waals surface area contributed by atoms with Crippen molar-refractivity contribution in [2.75, 3.05) is 17.6 Å². The van der Waals surface area contributed by atoms with Crippen molar-refractivity contribution < 1.29 is 17.9 Å². The van der Waals surface area contributed by atoms with Crippen molar-refractivity contribution in [1.82, 2.24) is 0 Å². The van der Waals surface area contributed by atoms with E-state index in [1.54, 1.807) is 18.4 Å². The van der Waals surface area contributed by atoms with Crippen LogP contribution in [0, 0.1) is 6.92 Å². The molecule has 0 atom stereocenters. The van der Waals surface area contributed by atoms with Gasteiger partial charge in [-0.1, -0.05) is 0 Å². The van der Waals surface area contributed by atoms with Crippen LogP contribution in [-0.2, 0) is 14.8 Å². The number of thiophene rings is 1. The molecule has 0 aliphatic rings. The summed E-state index contributed by atoms with van der Waals surface area (Å²) >= 11 is 1.04. The molecule has 1 aromatic carbocycles. The van der Waals surface area contributed by atoms with Crippen molar-refractivity contribution in [3.63, 3.8) is 0 Å². The molecule has 21 heavy (non-hydrogen) atoms. The molecule has 0 aliphatic heterocycles. The fourth-order valence-corrected chi connectivity index (χ4v) is 3.90. The number of hydrogen-bond donors (Lipinski definition) is 2. The number of nitrogens with one attached hydrogen (secondary N) is 1. The highest BCUT2D eigenvalue weighted by Crippen LogP contribution is 2.26. The molecule has 0 bridgehead atoms. The molecule has 8 heteroatoms. The van der Waals surface area contributed by atoms with Gasteiger partial charge in [-0.25, -0.2) is 13.2 Å². The molecule has 0 fully saturated rings. The van der Waals surface area contributed by atoms with Gasteiger partial charge in [-0.15, -0.1) is 11.3 Å². The largest absolute Gasteiger partial charge is 0.465 e. The van der Waals surface area contributed by atoms with Gasteiger partial charge in [-0.05, 0) is 36.8 Å². The number of ether oxygens (including phenoxy) is 1. The van der Waals surface area contributed by atoms with Crippen LogP contribution < -0.4 is 10.5 Å². The molecule has 0 amide bonds. The molecule has 0 spiro atoms. The number of esters is 1. The van der Waals surface area contributed by atoms with Gasteiger partial charge in [-0.3, -0.25) is 4.72 Å².